The number of likely N-dealkylation sites (N-methyl/N-ethyl adjacent to an activating group) is 1. The molecule has 1 heterocycles. The van der Waals surface area contributed by atoms with Crippen LogP contribution in [0, 0.1) is 0 Å². The summed E-state index contributed by atoms with van der Waals surface area (Å²) < 4.78 is 2.00. The molecule has 0 fully saturated rings. The van der Waals surface area contributed by atoms with E-state index < -0.39 is 0 Å². The Kier molecular flexibility index (Phi) is 4.15. The summed E-state index contributed by atoms with van der Waals surface area (Å²) in [7, 11) is 0. The fourth-order valence-electron chi connectivity index (χ4n) is 1.69. The Labute approximate surface area is 107 Å². The molecule has 0 radical (unpaired) electrons. The molecule has 0 saturated carbocycles. The van der Waals surface area contributed by atoms with Gasteiger partial charge in [0.15, 0.2) is 0 Å². The summed E-state index contributed by atoms with van der Waals surface area (Å²) >= 11 is 0. The monoisotopic (exact) mass is 243 g/mol. The molecule has 1 amide bonds. The molecular weight excluding hydrogens is 226 g/mol. The fourth-order valence-corrected chi connectivity index (χ4v) is 1.69. The van der Waals surface area contributed by atoms with Gasteiger partial charge in [-0.2, -0.15) is 0 Å². The number of aromatic nitrogens is 1. The molecule has 2 rings (SSSR count). The second kappa shape index (κ2) is 6.02. The van der Waals surface area contributed by atoms with E-state index in [1.165, 1.54) is 0 Å². The number of carbonyl (C=O) groups is 1. The van der Waals surface area contributed by atoms with Crippen LogP contribution in [0.1, 0.15) is 6.92 Å². The van der Waals surface area contributed by atoms with Crippen LogP contribution in [-0.2, 0) is 4.79 Å². The third kappa shape index (κ3) is 3.21. The lowest BCUT2D eigenvalue weighted by molar-refractivity contribution is -0.115. The Hall–Kier alpha value is -2.07. The Morgan fingerprint density at radius 2 is 2.00 bits per heavy atom. The predicted octanol–water partition coefficient (Wildman–Crippen LogP) is 2.03. The summed E-state index contributed by atoms with van der Waals surface area (Å²) in [5.74, 6) is -0.0264. The quantitative estimate of drug-likeness (QED) is 0.844. The van der Waals surface area contributed by atoms with Gasteiger partial charge >= 0.3 is 0 Å². The third-order valence-corrected chi connectivity index (χ3v) is 2.57. The van der Waals surface area contributed by atoms with Crippen LogP contribution in [0.4, 0.5) is 5.69 Å². The first-order valence-electron chi connectivity index (χ1n) is 6.03. The second-order valence-corrected chi connectivity index (χ2v) is 3.97. The molecule has 4 heteroatoms. The summed E-state index contributed by atoms with van der Waals surface area (Å²) in [6.07, 6.45) is 3.94. The molecule has 0 atom stereocenters. The van der Waals surface area contributed by atoms with E-state index in [4.69, 9.17) is 0 Å². The topological polar surface area (TPSA) is 46.1 Å². The van der Waals surface area contributed by atoms with E-state index in [9.17, 15) is 4.79 Å². The third-order valence-electron chi connectivity index (χ3n) is 2.57. The van der Waals surface area contributed by atoms with Crippen molar-refractivity contribution in [2.75, 3.05) is 18.4 Å². The minimum absolute atomic E-state index is 0.0264. The first kappa shape index (κ1) is 12.4. The molecule has 1 aromatic heterocycles. The number of hydrogen-bond donors (Lipinski definition) is 2. The van der Waals surface area contributed by atoms with Gasteiger partial charge in [0.05, 0.1) is 6.54 Å². The summed E-state index contributed by atoms with van der Waals surface area (Å²) in [5.41, 5.74) is 1.84. The van der Waals surface area contributed by atoms with Crippen LogP contribution >= 0.6 is 0 Å². The lowest BCUT2D eigenvalue weighted by atomic mass is 10.2. The Balaban J connectivity index is 2.06. The lowest BCUT2D eigenvalue weighted by Crippen LogP contribution is -2.27. The van der Waals surface area contributed by atoms with Gasteiger partial charge < -0.3 is 15.2 Å². The van der Waals surface area contributed by atoms with E-state index in [0.29, 0.717) is 6.54 Å². The number of carbonyl (C=O) groups excluding carboxylic acids is 1. The normalized spacial score (nSPS) is 10.3. The smallest absolute Gasteiger partial charge is 0.238 e. The van der Waals surface area contributed by atoms with Gasteiger partial charge in [0, 0.05) is 23.8 Å². The van der Waals surface area contributed by atoms with Crippen molar-refractivity contribution in [3.63, 3.8) is 0 Å². The SMILES string of the molecule is CCNCC(=O)Nc1cccc(-n2cccc2)c1. The molecule has 0 aliphatic rings. The minimum atomic E-state index is -0.0264. The van der Waals surface area contributed by atoms with Gasteiger partial charge in [-0.1, -0.05) is 13.0 Å². The highest BCUT2D eigenvalue weighted by atomic mass is 16.1. The van der Waals surface area contributed by atoms with E-state index in [1.54, 1.807) is 0 Å². The molecule has 1 aromatic carbocycles. The van der Waals surface area contributed by atoms with Crippen molar-refractivity contribution in [1.29, 1.82) is 0 Å². The Morgan fingerprint density at radius 3 is 2.72 bits per heavy atom. The molecule has 2 N–H and O–H groups in total. The number of nitrogens with one attached hydrogen (secondary N) is 2. The van der Waals surface area contributed by atoms with Gasteiger partial charge in [0.1, 0.15) is 0 Å². The first-order valence-corrected chi connectivity index (χ1v) is 6.03. The maximum absolute atomic E-state index is 11.6. The van der Waals surface area contributed by atoms with E-state index in [1.807, 2.05) is 60.3 Å². The minimum Gasteiger partial charge on any atom is -0.325 e. The van der Waals surface area contributed by atoms with Crippen molar-refractivity contribution in [3.05, 3.63) is 48.8 Å². The van der Waals surface area contributed by atoms with E-state index in [0.717, 1.165) is 17.9 Å². The molecule has 0 saturated heterocycles. The maximum atomic E-state index is 11.6. The summed E-state index contributed by atoms with van der Waals surface area (Å²) in [5, 5.41) is 5.86. The highest BCUT2D eigenvalue weighted by molar-refractivity contribution is 5.92. The van der Waals surface area contributed by atoms with Crippen molar-refractivity contribution in [2.45, 2.75) is 6.92 Å². The number of benzene rings is 1. The molecule has 0 aliphatic carbocycles. The molecule has 2 aromatic rings. The summed E-state index contributed by atoms with van der Waals surface area (Å²) in [6.45, 7) is 3.10. The molecule has 94 valence electrons. The van der Waals surface area contributed by atoms with Crippen molar-refractivity contribution < 1.29 is 4.79 Å². The van der Waals surface area contributed by atoms with Gasteiger partial charge in [-0.05, 0) is 36.9 Å². The molecule has 0 unspecified atom stereocenters. The zero-order chi connectivity index (χ0) is 12.8. The highest BCUT2D eigenvalue weighted by Crippen LogP contribution is 2.14. The molecular formula is C14H17N3O. The zero-order valence-electron chi connectivity index (χ0n) is 10.4. The van der Waals surface area contributed by atoms with Crippen LogP contribution in [0.3, 0.4) is 0 Å². The molecule has 0 bridgehead atoms. The van der Waals surface area contributed by atoms with Crippen LogP contribution < -0.4 is 10.6 Å². The van der Waals surface area contributed by atoms with Gasteiger partial charge in [-0.15, -0.1) is 0 Å². The van der Waals surface area contributed by atoms with Gasteiger partial charge in [0.2, 0.25) is 5.91 Å². The summed E-state index contributed by atoms with van der Waals surface area (Å²) in [4.78, 5) is 11.6. The first-order chi connectivity index (χ1) is 8.79. The van der Waals surface area contributed by atoms with Crippen LogP contribution in [0.25, 0.3) is 5.69 Å². The standard InChI is InChI=1S/C14H17N3O/c1-2-15-11-14(18)16-12-6-5-7-13(10-12)17-8-3-4-9-17/h3-10,15H,2,11H2,1H3,(H,16,18). The molecule has 18 heavy (non-hydrogen) atoms. The van der Waals surface area contributed by atoms with E-state index in [-0.39, 0.29) is 5.91 Å². The zero-order valence-corrected chi connectivity index (χ0v) is 10.4. The number of hydrogen-bond acceptors (Lipinski definition) is 2. The van der Waals surface area contributed by atoms with Crippen LogP contribution in [0.5, 0.6) is 0 Å². The predicted molar refractivity (Wildman–Crippen MR) is 72.9 cm³/mol. The maximum Gasteiger partial charge on any atom is 0.238 e. The summed E-state index contributed by atoms with van der Waals surface area (Å²) in [6, 6.07) is 11.7. The Bertz CT molecular complexity index is 506. The molecule has 0 spiro atoms. The molecule has 0 aliphatic heterocycles. The van der Waals surface area contributed by atoms with Gasteiger partial charge in [-0.3, -0.25) is 4.79 Å². The fraction of sp³-hybridized carbons (Fsp3) is 0.214. The second-order valence-electron chi connectivity index (χ2n) is 3.97. The number of amides is 1. The Morgan fingerprint density at radius 1 is 1.22 bits per heavy atom. The van der Waals surface area contributed by atoms with Crippen molar-refractivity contribution in [3.8, 4) is 5.69 Å². The van der Waals surface area contributed by atoms with Crippen LogP contribution in [0.2, 0.25) is 0 Å². The molecule has 4 nitrogen and oxygen atoms in total. The average molecular weight is 243 g/mol. The van der Waals surface area contributed by atoms with Crippen LogP contribution in [0.15, 0.2) is 48.8 Å². The van der Waals surface area contributed by atoms with Gasteiger partial charge in [0.25, 0.3) is 0 Å². The highest BCUT2D eigenvalue weighted by Gasteiger charge is 2.02. The van der Waals surface area contributed by atoms with E-state index >= 15 is 0 Å². The largest absolute Gasteiger partial charge is 0.325 e. The number of nitrogens with zero attached hydrogens (tertiary/aromatic N) is 1. The van der Waals surface area contributed by atoms with Crippen molar-refractivity contribution in [1.82, 2.24) is 9.88 Å². The number of anilines is 1. The number of rotatable bonds is 5. The van der Waals surface area contributed by atoms with Crippen molar-refractivity contribution in [2.24, 2.45) is 0 Å². The average Bonchev–Trinajstić information content (AvgIpc) is 2.90. The lowest BCUT2D eigenvalue weighted by Gasteiger charge is -2.08. The van der Waals surface area contributed by atoms with Crippen molar-refractivity contribution >= 4 is 11.6 Å². The van der Waals surface area contributed by atoms with Gasteiger partial charge in [-0.25, -0.2) is 0 Å². The van der Waals surface area contributed by atoms with Crippen LogP contribution in [-0.4, -0.2) is 23.6 Å². The van der Waals surface area contributed by atoms with E-state index in [2.05, 4.69) is 10.6 Å².